The number of hydrogen-bond donors (Lipinski definition) is 2. The molecule has 3 amide bonds. The number of hydrogen-bond acceptors (Lipinski definition) is 6. The monoisotopic (exact) mass is 549 g/mol. The van der Waals surface area contributed by atoms with Gasteiger partial charge in [-0.25, -0.2) is 4.79 Å². The number of carbonyl (C=O) groups excluding carboxylic acids is 4. The minimum Gasteiger partial charge on any atom is -0.468 e. The molecule has 2 N–H and O–H groups in total. The predicted octanol–water partition coefficient (Wildman–Crippen LogP) is 3.76. The minimum atomic E-state index is -1.23. The average Bonchev–Trinajstić information content (AvgIpc) is 2.88. The van der Waals surface area contributed by atoms with Gasteiger partial charge in [-0.15, -0.1) is 6.42 Å². The Kier molecular flexibility index (Phi) is 10.9. The molecule has 0 radical (unpaired) electrons. The van der Waals surface area contributed by atoms with Crippen molar-refractivity contribution in [2.75, 3.05) is 13.7 Å². The molecule has 0 bridgehead atoms. The van der Waals surface area contributed by atoms with Gasteiger partial charge in [-0.2, -0.15) is 0 Å². The standard InChI is InChI=1S/C31H39N3O6/c1-9-22-17-13-14-18-23(22)26(27(36)32-20-25(35)39-8)34(30(2,3)4)28(37)24(19-21-15-11-10-12-16-21)33-29(38)40-31(5,6)7/h1,10-18,24,26H,19-20H2,2-8H3,(H,32,36)(H,33,38). The molecule has 0 heterocycles. The lowest BCUT2D eigenvalue weighted by atomic mass is 9.92. The lowest BCUT2D eigenvalue weighted by Gasteiger charge is -2.43. The van der Waals surface area contributed by atoms with Crippen molar-refractivity contribution in [1.82, 2.24) is 15.5 Å². The molecule has 214 valence electrons. The van der Waals surface area contributed by atoms with E-state index in [0.717, 1.165) is 5.56 Å². The lowest BCUT2D eigenvalue weighted by Crippen LogP contribution is -2.59. The van der Waals surface area contributed by atoms with E-state index in [9.17, 15) is 19.2 Å². The first kappa shape index (κ1) is 31.9. The van der Waals surface area contributed by atoms with Crippen LogP contribution in [-0.2, 0) is 30.3 Å². The number of terminal acetylenes is 1. The molecule has 9 heteroatoms. The van der Waals surface area contributed by atoms with E-state index < -0.39 is 53.6 Å². The average molecular weight is 550 g/mol. The zero-order chi connectivity index (χ0) is 30.1. The van der Waals surface area contributed by atoms with Gasteiger partial charge in [-0.05, 0) is 58.7 Å². The van der Waals surface area contributed by atoms with E-state index in [1.54, 1.807) is 65.8 Å². The van der Waals surface area contributed by atoms with Crippen molar-refractivity contribution >= 4 is 23.9 Å². The molecule has 40 heavy (non-hydrogen) atoms. The Morgan fingerprint density at radius 3 is 2.10 bits per heavy atom. The molecule has 0 fully saturated rings. The van der Waals surface area contributed by atoms with Gasteiger partial charge in [0.2, 0.25) is 11.8 Å². The Hall–Kier alpha value is -4.32. The highest BCUT2D eigenvalue weighted by Gasteiger charge is 2.42. The molecule has 0 aliphatic heterocycles. The highest BCUT2D eigenvalue weighted by Crippen LogP contribution is 2.32. The fourth-order valence-corrected chi connectivity index (χ4v) is 4.11. The van der Waals surface area contributed by atoms with E-state index in [1.165, 1.54) is 12.0 Å². The summed E-state index contributed by atoms with van der Waals surface area (Å²) in [5.41, 5.74) is -0.136. The van der Waals surface area contributed by atoms with Crippen LogP contribution < -0.4 is 10.6 Å². The van der Waals surface area contributed by atoms with Gasteiger partial charge in [0, 0.05) is 17.5 Å². The molecular formula is C31H39N3O6. The number of amides is 3. The zero-order valence-electron chi connectivity index (χ0n) is 24.2. The van der Waals surface area contributed by atoms with Crippen molar-refractivity contribution in [3.8, 4) is 12.3 Å². The summed E-state index contributed by atoms with van der Waals surface area (Å²) in [6.07, 6.45) is 5.14. The second-order valence-corrected chi connectivity index (χ2v) is 11.2. The van der Waals surface area contributed by atoms with E-state index in [1.807, 2.05) is 30.3 Å². The van der Waals surface area contributed by atoms with E-state index in [4.69, 9.17) is 11.2 Å². The summed E-state index contributed by atoms with van der Waals surface area (Å²) in [7, 11) is 1.21. The van der Waals surface area contributed by atoms with Gasteiger partial charge >= 0.3 is 12.1 Å². The van der Waals surface area contributed by atoms with Crippen LogP contribution in [0.2, 0.25) is 0 Å². The summed E-state index contributed by atoms with van der Waals surface area (Å²) in [6.45, 7) is 10.1. The Labute approximate surface area is 236 Å². The fraction of sp³-hybridized carbons (Fsp3) is 0.419. The summed E-state index contributed by atoms with van der Waals surface area (Å²) in [5.74, 6) is 0.759. The van der Waals surface area contributed by atoms with Gasteiger partial charge in [0.25, 0.3) is 0 Å². The second-order valence-electron chi connectivity index (χ2n) is 11.2. The third kappa shape index (κ3) is 9.16. The van der Waals surface area contributed by atoms with E-state index in [0.29, 0.717) is 11.1 Å². The largest absolute Gasteiger partial charge is 0.468 e. The molecule has 0 aliphatic rings. The van der Waals surface area contributed by atoms with Gasteiger partial charge in [0.15, 0.2) is 0 Å². The van der Waals surface area contributed by atoms with Crippen molar-refractivity contribution in [2.24, 2.45) is 0 Å². The summed E-state index contributed by atoms with van der Waals surface area (Å²) in [4.78, 5) is 54.2. The number of nitrogens with one attached hydrogen (secondary N) is 2. The molecule has 0 saturated carbocycles. The molecule has 2 rings (SSSR count). The van der Waals surface area contributed by atoms with Crippen LogP contribution in [0.1, 0.15) is 64.3 Å². The summed E-state index contributed by atoms with van der Waals surface area (Å²) in [6, 6.07) is 13.6. The molecule has 2 atom stereocenters. The van der Waals surface area contributed by atoms with Crippen LogP contribution in [0.25, 0.3) is 0 Å². The van der Waals surface area contributed by atoms with Crippen molar-refractivity contribution in [1.29, 1.82) is 0 Å². The molecule has 0 aromatic heterocycles. The quantitative estimate of drug-likeness (QED) is 0.364. The van der Waals surface area contributed by atoms with Crippen LogP contribution in [0, 0.1) is 12.3 Å². The molecule has 9 nitrogen and oxygen atoms in total. The predicted molar refractivity (Wildman–Crippen MR) is 152 cm³/mol. The van der Waals surface area contributed by atoms with Gasteiger partial charge in [0.05, 0.1) is 7.11 Å². The first-order valence-electron chi connectivity index (χ1n) is 12.9. The van der Waals surface area contributed by atoms with Gasteiger partial charge < -0.3 is 25.0 Å². The summed E-state index contributed by atoms with van der Waals surface area (Å²) >= 11 is 0. The Balaban J connectivity index is 2.65. The molecule has 2 unspecified atom stereocenters. The van der Waals surface area contributed by atoms with Crippen LogP contribution in [-0.4, -0.2) is 59.6 Å². The van der Waals surface area contributed by atoms with Gasteiger partial charge in [-0.1, -0.05) is 54.5 Å². The third-order valence-electron chi connectivity index (χ3n) is 5.78. The van der Waals surface area contributed by atoms with Crippen LogP contribution in [0.4, 0.5) is 4.79 Å². The van der Waals surface area contributed by atoms with Crippen molar-refractivity contribution < 1.29 is 28.7 Å². The number of carbonyl (C=O) groups is 4. The van der Waals surface area contributed by atoms with Crippen molar-refractivity contribution in [2.45, 2.75) is 71.2 Å². The molecule has 0 spiro atoms. The second kappa shape index (κ2) is 13.7. The number of esters is 1. The smallest absolute Gasteiger partial charge is 0.408 e. The number of nitrogens with zero attached hydrogens (tertiary/aromatic N) is 1. The molecule has 0 aliphatic carbocycles. The topological polar surface area (TPSA) is 114 Å². The Morgan fingerprint density at radius 1 is 0.950 bits per heavy atom. The first-order chi connectivity index (χ1) is 18.7. The maximum absolute atomic E-state index is 14.4. The SMILES string of the molecule is C#Cc1ccccc1C(C(=O)NCC(=O)OC)N(C(=O)C(Cc1ccccc1)NC(=O)OC(C)(C)C)C(C)(C)C. The highest BCUT2D eigenvalue weighted by molar-refractivity contribution is 5.94. The summed E-state index contributed by atoms with van der Waals surface area (Å²) < 4.78 is 10.1. The Bertz CT molecular complexity index is 1240. The molecule has 0 saturated heterocycles. The van der Waals surface area contributed by atoms with Crippen LogP contribution >= 0.6 is 0 Å². The van der Waals surface area contributed by atoms with Crippen LogP contribution in [0.5, 0.6) is 0 Å². The number of methoxy groups -OCH3 is 1. The first-order valence-corrected chi connectivity index (χ1v) is 12.9. The van der Waals surface area contributed by atoms with Crippen molar-refractivity contribution in [3.63, 3.8) is 0 Å². The van der Waals surface area contributed by atoms with Crippen LogP contribution in [0.15, 0.2) is 54.6 Å². The van der Waals surface area contributed by atoms with Crippen molar-refractivity contribution in [3.05, 3.63) is 71.3 Å². The maximum atomic E-state index is 14.4. The number of ether oxygens (including phenoxy) is 2. The Morgan fingerprint density at radius 2 is 1.55 bits per heavy atom. The van der Waals surface area contributed by atoms with Crippen LogP contribution in [0.3, 0.4) is 0 Å². The minimum absolute atomic E-state index is 0.138. The normalized spacial score (nSPS) is 12.8. The highest BCUT2D eigenvalue weighted by atomic mass is 16.6. The van der Waals surface area contributed by atoms with E-state index >= 15 is 0 Å². The van der Waals surface area contributed by atoms with Gasteiger partial charge in [-0.3, -0.25) is 14.4 Å². The van der Waals surface area contributed by atoms with Gasteiger partial charge in [0.1, 0.15) is 24.2 Å². The lowest BCUT2D eigenvalue weighted by molar-refractivity contribution is -0.149. The number of alkyl carbamates (subject to hydrolysis) is 1. The molecule has 2 aromatic carbocycles. The molecular weight excluding hydrogens is 510 g/mol. The zero-order valence-corrected chi connectivity index (χ0v) is 24.2. The summed E-state index contributed by atoms with van der Waals surface area (Å²) in [5, 5.41) is 5.27. The number of benzene rings is 2. The third-order valence-corrected chi connectivity index (χ3v) is 5.78. The van der Waals surface area contributed by atoms with E-state index in [2.05, 4.69) is 21.3 Å². The number of rotatable bonds is 9. The van der Waals surface area contributed by atoms with E-state index in [-0.39, 0.29) is 6.42 Å². The fourth-order valence-electron chi connectivity index (χ4n) is 4.11. The molecule has 2 aromatic rings. The maximum Gasteiger partial charge on any atom is 0.408 e.